The van der Waals surface area contributed by atoms with Crippen LogP contribution in [0.1, 0.15) is 0 Å². The van der Waals surface area contributed by atoms with Crippen molar-refractivity contribution >= 4 is 27.0 Å². The molecule has 4 rings (SSSR count). The van der Waals surface area contributed by atoms with Gasteiger partial charge in [-0.25, -0.2) is 0 Å². The molecule has 0 aliphatic carbocycles. The number of fused-ring (bicyclic) bond motifs is 2. The Morgan fingerprint density at radius 2 is 1.04 bits per heavy atom. The van der Waals surface area contributed by atoms with E-state index in [0.717, 1.165) is 0 Å². The maximum absolute atomic E-state index is 3.50. The van der Waals surface area contributed by atoms with Gasteiger partial charge in [-0.05, 0) is 0 Å². The van der Waals surface area contributed by atoms with Crippen LogP contribution in [0.25, 0.3) is 26.9 Å². The van der Waals surface area contributed by atoms with E-state index in [-0.39, 0.29) is 5.43 Å². The van der Waals surface area contributed by atoms with Crippen LogP contribution in [-0.2, 0) is 23.3 Å². The van der Waals surface area contributed by atoms with E-state index in [4.69, 9.17) is 0 Å². The van der Waals surface area contributed by atoms with E-state index in [1.165, 1.54) is 21.5 Å². The zero-order valence-corrected chi connectivity index (χ0v) is 19.0. The van der Waals surface area contributed by atoms with Gasteiger partial charge in [-0.1, -0.05) is 12.1 Å². The van der Waals surface area contributed by atoms with Crippen molar-refractivity contribution in [1.82, 2.24) is 0 Å². The van der Waals surface area contributed by atoms with Crippen LogP contribution in [0.15, 0.2) is 84.9 Å². The average Bonchev–Trinajstić information content (AvgIpc) is 3.24. The van der Waals surface area contributed by atoms with Crippen LogP contribution in [0.5, 0.6) is 0 Å². The normalized spacial score (nSPS) is 9.08. The maximum Gasteiger partial charge on any atom is -0.0809 e. The Morgan fingerprint density at radius 1 is 0.720 bits per heavy atom. The van der Waals surface area contributed by atoms with Crippen LogP contribution in [0, 0.1) is 0 Å². The Labute approximate surface area is 167 Å². The monoisotopic (exact) mass is 422 g/mol. The molecule has 0 spiro atoms. The molecule has 3 heteroatoms. The third-order valence-corrected chi connectivity index (χ3v) is 3.10. The summed E-state index contributed by atoms with van der Waals surface area (Å²) in [6, 6.07) is 29.3. The Bertz CT molecular complexity index is 730. The van der Waals surface area contributed by atoms with E-state index in [9.17, 15) is 0 Å². The molecule has 0 atom stereocenters. The van der Waals surface area contributed by atoms with Gasteiger partial charge in [0.15, 0.2) is 0 Å². The molecule has 0 amide bonds. The van der Waals surface area contributed by atoms with Crippen molar-refractivity contribution in [3.05, 3.63) is 90.2 Å². The summed E-state index contributed by atoms with van der Waals surface area (Å²) in [5.74, 6) is 0. The number of hydrogen-bond acceptors (Lipinski definition) is 0. The molecule has 0 saturated heterocycles. The molecular weight excluding hydrogens is 398 g/mol. The summed E-state index contributed by atoms with van der Waals surface area (Å²) in [6.45, 7) is 4.62. The Balaban J connectivity index is 0.000000185. The van der Waals surface area contributed by atoms with Gasteiger partial charge in [0, 0.05) is 0 Å². The van der Waals surface area contributed by atoms with Gasteiger partial charge in [0.05, 0.1) is 0 Å². The molecular formula is C22H26NSiZr-3. The molecule has 0 fully saturated rings. The molecule has 0 unspecified atom stereocenters. The van der Waals surface area contributed by atoms with Gasteiger partial charge in [0.1, 0.15) is 0 Å². The molecule has 1 nitrogen and oxygen atoms in total. The second-order valence-corrected chi connectivity index (χ2v) is 15.1. The van der Waals surface area contributed by atoms with Crippen molar-refractivity contribution in [2.45, 2.75) is 13.1 Å². The van der Waals surface area contributed by atoms with E-state index in [1.54, 1.807) is 37.4 Å². The fourth-order valence-electron chi connectivity index (χ4n) is 2.14. The van der Waals surface area contributed by atoms with Gasteiger partial charge in [-0.15, -0.1) is 59.3 Å². The molecule has 0 N–H and O–H groups in total. The third kappa shape index (κ3) is 9.11. The first-order chi connectivity index (χ1) is 12.1. The zero-order valence-electron chi connectivity index (χ0n) is 15.5. The van der Waals surface area contributed by atoms with Crippen molar-refractivity contribution in [2.24, 2.45) is 0 Å². The molecule has 0 aromatic heterocycles. The fourth-order valence-corrected chi connectivity index (χ4v) is 2.14. The first-order valence-corrected chi connectivity index (χ1v) is 14.5. The Hall–Kier alpha value is -1.28. The second kappa shape index (κ2) is 13.0. The van der Waals surface area contributed by atoms with E-state index < -0.39 is 0 Å². The van der Waals surface area contributed by atoms with E-state index in [0.29, 0.717) is 0 Å². The minimum Gasteiger partial charge on any atom is -0.168 e. The largest absolute Gasteiger partial charge is 0.168 e. The average molecular weight is 424 g/mol. The number of rotatable bonds is 0. The molecule has 4 aromatic carbocycles. The van der Waals surface area contributed by atoms with Crippen molar-refractivity contribution in [1.29, 1.82) is 0 Å². The minimum absolute atomic E-state index is 0.210. The molecule has 0 radical (unpaired) electrons. The van der Waals surface area contributed by atoms with Gasteiger partial charge < -0.3 is 5.32 Å². The summed E-state index contributed by atoms with van der Waals surface area (Å²) in [6.07, 6.45) is 0. The van der Waals surface area contributed by atoms with Crippen LogP contribution < -0.4 is 0 Å². The van der Waals surface area contributed by atoms with Gasteiger partial charge in [0.25, 0.3) is 0 Å². The molecule has 4 aromatic rings. The molecule has 130 valence electrons. The van der Waals surface area contributed by atoms with Gasteiger partial charge in [-0.3, -0.25) is 0 Å². The Morgan fingerprint density at radius 3 is 1.36 bits per heavy atom. The summed E-state index contributed by atoms with van der Waals surface area (Å²) >= 11 is 1.74. The summed E-state index contributed by atoms with van der Waals surface area (Å²) in [7, 11) is 3.50. The fraction of sp³-hybridized carbons (Fsp3) is 0.182. The molecule has 0 bridgehead atoms. The van der Waals surface area contributed by atoms with Crippen LogP contribution in [0.4, 0.5) is 0 Å². The minimum atomic E-state index is 0.210. The van der Waals surface area contributed by atoms with Gasteiger partial charge in [-0.2, -0.15) is 49.1 Å². The van der Waals surface area contributed by atoms with Crippen molar-refractivity contribution in [2.75, 3.05) is 14.1 Å². The quantitative estimate of drug-likeness (QED) is 0.226. The zero-order chi connectivity index (χ0) is 18.5. The number of benzene rings is 2. The third-order valence-electron chi connectivity index (χ3n) is 3.10. The van der Waals surface area contributed by atoms with Crippen LogP contribution in [0.2, 0.25) is 13.1 Å². The standard InChI is InChI=1S/2C9H7.C2H6N.C2H6Si.Zr/c2*1-2-5-9-7-3-6-8(9)4-1;2*1-3-2;/h2*1-7H;2*1-2H3;/q3*-1;;. The predicted molar refractivity (Wildman–Crippen MR) is 112 cm³/mol. The first kappa shape index (κ1) is 21.8. The molecule has 25 heavy (non-hydrogen) atoms. The van der Waals surface area contributed by atoms with Crippen LogP contribution >= 0.6 is 0 Å². The maximum atomic E-state index is 3.50. The first-order valence-electron chi connectivity index (χ1n) is 8.29. The SMILES string of the molecule is C[N-]C.C[Si](C)=[Zr].c1ccc2[cH-]ccc2c1.c1ccc2[cH-]ccc2c1. The smallest absolute Gasteiger partial charge is 0.0809 e. The number of nitrogens with zero attached hydrogens (tertiary/aromatic N) is 1. The summed E-state index contributed by atoms with van der Waals surface area (Å²) in [5, 5.41) is 8.82. The summed E-state index contributed by atoms with van der Waals surface area (Å²) in [4.78, 5) is 0. The van der Waals surface area contributed by atoms with Crippen molar-refractivity contribution < 1.29 is 23.3 Å². The molecule has 0 aliphatic heterocycles. The number of hydrogen-bond donors (Lipinski definition) is 0. The molecule has 0 aliphatic rings. The molecule has 0 heterocycles. The van der Waals surface area contributed by atoms with Gasteiger partial charge >= 0.3 is 41.9 Å². The second-order valence-electron chi connectivity index (χ2n) is 5.76. The van der Waals surface area contributed by atoms with E-state index in [1.807, 2.05) is 0 Å². The summed E-state index contributed by atoms with van der Waals surface area (Å²) < 4.78 is 0. The Kier molecular flexibility index (Phi) is 11.3. The topological polar surface area (TPSA) is 14.1 Å². The van der Waals surface area contributed by atoms with E-state index >= 15 is 0 Å². The van der Waals surface area contributed by atoms with Gasteiger partial charge in [0.2, 0.25) is 0 Å². The van der Waals surface area contributed by atoms with Crippen molar-refractivity contribution in [3.8, 4) is 0 Å². The predicted octanol–water partition coefficient (Wildman–Crippen LogP) is 6.52. The van der Waals surface area contributed by atoms with E-state index in [2.05, 4.69) is 103 Å². The summed E-state index contributed by atoms with van der Waals surface area (Å²) in [5.41, 5.74) is 0.210. The molecule has 0 saturated carbocycles. The van der Waals surface area contributed by atoms with Crippen molar-refractivity contribution in [3.63, 3.8) is 0 Å². The van der Waals surface area contributed by atoms with Crippen LogP contribution in [0.3, 0.4) is 0 Å². The van der Waals surface area contributed by atoms with Crippen LogP contribution in [-0.4, -0.2) is 19.5 Å².